The van der Waals surface area contributed by atoms with E-state index in [-0.39, 0.29) is 30.9 Å². The number of benzene rings is 3. The number of aliphatic hydroxyl groups is 2. The summed E-state index contributed by atoms with van der Waals surface area (Å²) in [6.45, 7) is 2.34. The first-order valence-corrected chi connectivity index (χ1v) is 13.2. The molecule has 0 bridgehead atoms. The van der Waals surface area contributed by atoms with Gasteiger partial charge >= 0.3 is 0 Å². The first-order chi connectivity index (χ1) is 19.2. The number of hydrogen-bond acceptors (Lipinski definition) is 7. The van der Waals surface area contributed by atoms with Crippen LogP contribution in [-0.4, -0.2) is 52.6 Å². The number of fused-ring (bicyclic) bond motifs is 1. The smallest absolute Gasteiger partial charge is 0.268 e. The van der Waals surface area contributed by atoms with Gasteiger partial charge in [0.15, 0.2) is 0 Å². The highest BCUT2D eigenvalue weighted by molar-refractivity contribution is 5.98. The Hall–Kier alpha value is -4.05. The number of carbonyl (C=O) groups is 1. The van der Waals surface area contributed by atoms with Crippen molar-refractivity contribution in [2.24, 2.45) is 7.05 Å². The van der Waals surface area contributed by atoms with Gasteiger partial charge in [-0.05, 0) is 66.9 Å². The molecule has 0 saturated heterocycles. The molecule has 212 valence electrons. The standard InChI is InChI=1S/C31H37N3O6/c1-19(32-17-28(37)21-9-11-27(36)23(14-21)18-35)12-20-8-10-25-22(13-20)15-26(34(25)2)31(38)33-16-24-29(39-3)6-5-7-30(24)40-4/h5-11,13-15,19,28,32,35-37H,12,16-18H2,1-4H3,(H,33,38)/t19-,28+/m1/s1. The molecule has 1 amide bonds. The van der Waals surface area contributed by atoms with Crippen LogP contribution < -0.4 is 20.1 Å². The van der Waals surface area contributed by atoms with E-state index in [9.17, 15) is 20.1 Å². The zero-order chi connectivity index (χ0) is 28.8. The van der Waals surface area contributed by atoms with Gasteiger partial charge in [-0.15, -0.1) is 0 Å². The molecule has 9 nitrogen and oxygen atoms in total. The Morgan fingerprint density at radius 1 is 1.02 bits per heavy atom. The van der Waals surface area contributed by atoms with E-state index >= 15 is 0 Å². The fourth-order valence-corrected chi connectivity index (χ4v) is 4.90. The minimum Gasteiger partial charge on any atom is -0.508 e. The highest BCUT2D eigenvalue weighted by Crippen LogP contribution is 2.28. The van der Waals surface area contributed by atoms with E-state index in [0.717, 1.165) is 28.5 Å². The number of carbonyl (C=O) groups excluding carboxylic acids is 1. The molecule has 2 atom stereocenters. The summed E-state index contributed by atoms with van der Waals surface area (Å²) in [5, 5.41) is 37.0. The SMILES string of the molecule is COc1cccc(OC)c1CNC(=O)c1cc2cc(C[C@@H](C)NC[C@H](O)c3ccc(O)c(CO)c3)ccc2n1C. The molecule has 0 aliphatic rings. The Balaban J connectivity index is 1.39. The molecule has 1 aromatic heterocycles. The van der Waals surface area contributed by atoms with E-state index in [1.54, 1.807) is 26.4 Å². The second-order valence-corrected chi connectivity index (χ2v) is 9.88. The lowest BCUT2D eigenvalue weighted by atomic mass is 10.0. The van der Waals surface area contributed by atoms with Gasteiger partial charge in [0.25, 0.3) is 5.91 Å². The predicted octanol–water partition coefficient (Wildman–Crippen LogP) is 3.58. The third kappa shape index (κ3) is 6.39. The molecule has 0 spiro atoms. The summed E-state index contributed by atoms with van der Waals surface area (Å²) in [6, 6.07) is 18.3. The maximum atomic E-state index is 13.1. The second-order valence-electron chi connectivity index (χ2n) is 9.88. The number of methoxy groups -OCH3 is 2. The van der Waals surface area contributed by atoms with Crippen molar-refractivity contribution < 1.29 is 29.6 Å². The van der Waals surface area contributed by atoms with Crippen LogP contribution in [0.15, 0.2) is 60.7 Å². The van der Waals surface area contributed by atoms with Crippen molar-refractivity contribution in [3.8, 4) is 17.2 Å². The van der Waals surface area contributed by atoms with Crippen LogP contribution in [0.1, 0.15) is 45.8 Å². The largest absolute Gasteiger partial charge is 0.508 e. The number of nitrogens with zero attached hydrogens (tertiary/aromatic N) is 1. The summed E-state index contributed by atoms with van der Waals surface area (Å²) in [6.07, 6.45) is -0.0497. The van der Waals surface area contributed by atoms with Gasteiger partial charge in [-0.2, -0.15) is 0 Å². The van der Waals surface area contributed by atoms with Gasteiger partial charge in [0, 0.05) is 36.1 Å². The minimum absolute atomic E-state index is 0.00776. The summed E-state index contributed by atoms with van der Waals surface area (Å²) >= 11 is 0. The number of aryl methyl sites for hydroxylation is 1. The van der Waals surface area contributed by atoms with Crippen LogP contribution in [0.4, 0.5) is 0 Å². The Morgan fingerprint density at radius 2 is 1.75 bits per heavy atom. The molecule has 0 aliphatic heterocycles. The van der Waals surface area contributed by atoms with Gasteiger partial charge in [0.05, 0.1) is 39.0 Å². The highest BCUT2D eigenvalue weighted by atomic mass is 16.5. The second kappa shape index (κ2) is 12.9. The number of aromatic nitrogens is 1. The average Bonchev–Trinajstić information content (AvgIpc) is 3.29. The van der Waals surface area contributed by atoms with E-state index in [2.05, 4.69) is 16.7 Å². The van der Waals surface area contributed by atoms with Crippen molar-refractivity contribution in [2.75, 3.05) is 20.8 Å². The number of amides is 1. The molecule has 1 heterocycles. The predicted molar refractivity (Wildman–Crippen MR) is 154 cm³/mol. The summed E-state index contributed by atoms with van der Waals surface area (Å²) in [5.41, 5.74) is 4.38. The van der Waals surface area contributed by atoms with Crippen LogP contribution in [0, 0.1) is 0 Å². The maximum absolute atomic E-state index is 13.1. The lowest BCUT2D eigenvalue weighted by molar-refractivity contribution is 0.0942. The molecule has 4 aromatic rings. The summed E-state index contributed by atoms with van der Waals surface area (Å²) in [4.78, 5) is 13.1. The van der Waals surface area contributed by atoms with E-state index in [1.165, 1.54) is 6.07 Å². The zero-order valence-electron chi connectivity index (χ0n) is 23.3. The molecule has 9 heteroatoms. The van der Waals surface area contributed by atoms with Crippen LogP contribution in [0.2, 0.25) is 0 Å². The molecule has 3 aromatic carbocycles. The quantitative estimate of drug-likeness (QED) is 0.184. The van der Waals surface area contributed by atoms with Crippen LogP contribution in [0.3, 0.4) is 0 Å². The van der Waals surface area contributed by atoms with Crippen molar-refractivity contribution in [3.63, 3.8) is 0 Å². The first-order valence-electron chi connectivity index (χ1n) is 13.2. The van der Waals surface area contributed by atoms with E-state index in [4.69, 9.17) is 9.47 Å². The molecule has 5 N–H and O–H groups in total. The van der Waals surface area contributed by atoms with Gasteiger partial charge in [0.1, 0.15) is 22.9 Å². The number of nitrogens with one attached hydrogen (secondary N) is 2. The molecular formula is C31H37N3O6. The number of aromatic hydroxyl groups is 1. The third-order valence-corrected chi connectivity index (χ3v) is 7.16. The Labute approximate surface area is 234 Å². The van der Waals surface area contributed by atoms with Crippen molar-refractivity contribution in [3.05, 3.63) is 88.6 Å². The van der Waals surface area contributed by atoms with E-state index in [0.29, 0.717) is 34.9 Å². The molecule has 4 rings (SSSR count). The van der Waals surface area contributed by atoms with Crippen molar-refractivity contribution in [1.29, 1.82) is 0 Å². The molecule has 0 radical (unpaired) electrons. The lowest BCUT2D eigenvalue weighted by Crippen LogP contribution is -2.32. The van der Waals surface area contributed by atoms with Crippen molar-refractivity contribution in [1.82, 2.24) is 15.2 Å². The summed E-state index contributed by atoms with van der Waals surface area (Å²) < 4.78 is 12.7. The van der Waals surface area contributed by atoms with Gasteiger partial charge in [-0.1, -0.05) is 18.2 Å². The zero-order valence-corrected chi connectivity index (χ0v) is 23.3. The summed E-state index contributed by atoms with van der Waals surface area (Å²) in [7, 11) is 5.05. The van der Waals surface area contributed by atoms with Crippen LogP contribution in [-0.2, 0) is 26.6 Å². The molecule has 0 aliphatic carbocycles. The van der Waals surface area contributed by atoms with E-state index < -0.39 is 6.10 Å². The Morgan fingerprint density at radius 3 is 2.42 bits per heavy atom. The number of rotatable bonds is 12. The number of hydrogen-bond donors (Lipinski definition) is 5. The number of ether oxygens (including phenoxy) is 2. The fraction of sp³-hybridized carbons (Fsp3) is 0.323. The average molecular weight is 548 g/mol. The van der Waals surface area contributed by atoms with Gasteiger partial charge in [0.2, 0.25) is 0 Å². The molecule has 0 unspecified atom stereocenters. The van der Waals surface area contributed by atoms with Crippen molar-refractivity contribution >= 4 is 16.8 Å². The lowest BCUT2D eigenvalue weighted by Gasteiger charge is -2.18. The van der Waals surface area contributed by atoms with Crippen LogP contribution in [0.25, 0.3) is 10.9 Å². The minimum atomic E-state index is -0.776. The third-order valence-electron chi connectivity index (χ3n) is 7.16. The monoisotopic (exact) mass is 547 g/mol. The van der Waals surface area contributed by atoms with Gasteiger partial charge in [-0.25, -0.2) is 0 Å². The highest BCUT2D eigenvalue weighted by Gasteiger charge is 2.17. The molecule has 0 fully saturated rings. The van der Waals surface area contributed by atoms with Crippen LogP contribution in [0.5, 0.6) is 17.2 Å². The molecular weight excluding hydrogens is 510 g/mol. The molecule has 40 heavy (non-hydrogen) atoms. The first kappa shape index (κ1) is 28.9. The summed E-state index contributed by atoms with van der Waals surface area (Å²) in [5.74, 6) is 1.10. The van der Waals surface area contributed by atoms with Gasteiger partial charge in [-0.3, -0.25) is 4.79 Å². The topological polar surface area (TPSA) is 125 Å². The molecule has 0 saturated carbocycles. The number of phenols is 1. The number of aliphatic hydroxyl groups excluding tert-OH is 2. The van der Waals surface area contributed by atoms with Crippen molar-refractivity contribution in [2.45, 2.75) is 38.6 Å². The Kier molecular flexibility index (Phi) is 9.31. The normalized spacial score (nSPS) is 12.8. The Bertz CT molecular complexity index is 1460. The van der Waals surface area contributed by atoms with Crippen LogP contribution >= 0.6 is 0 Å². The van der Waals surface area contributed by atoms with Gasteiger partial charge < -0.3 is 40.0 Å². The fourth-order valence-electron chi connectivity index (χ4n) is 4.90. The van der Waals surface area contributed by atoms with E-state index in [1.807, 2.05) is 54.9 Å². The maximum Gasteiger partial charge on any atom is 0.268 e.